The summed E-state index contributed by atoms with van der Waals surface area (Å²) < 4.78 is 5.14. The number of alkyl carbamates (subject to hydrolysis) is 1. The standard InChI is InChI=1S/C20H20N4O3S/c21-24-17-4-1-3-16(11-17)23-19(25)15-8-6-14(7-9-15)12-22-20(26)27-13-18-5-2-10-28-18/h1-11,24H,12-13,21H2,(H,22,26)(H,23,25). The predicted octanol–water partition coefficient (Wildman–Crippen LogP) is 3.71. The summed E-state index contributed by atoms with van der Waals surface area (Å²) in [7, 11) is 0. The number of benzene rings is 2. The molecular weight excluding hydrogens is 376 g/mol. The summed E-state index contributed by atoms with van der Waals surface area (Å²) in [4.78, 5) is 25.1. The lowest BCUT2D eigenvalue weighted by Crippen LogP contribution is -2.23. The molecule has 8 heteroatoms. The molecule has 0 bridgehead atoms. The second kappa shape index (κ2) is 9.54. The van der Waals surface area contributed by atoms with Crippen LogP contribution in [0.1, 0.15) is 20.8 Å². The maximum atomic E-state index is 12.3. The van der Waals surface area contributed by atoms with Gasteiger partial charge in [-0.05, 0) is 47.3 Å². The predicted molar refractivity (Wildman–Crippen MR) is 110 cm³/mol. The molecule has 28 heavy (non-hydrogen) atoms. The molecule has 0 aliphatic rings. The maximum Gasteiger partial charge on any atom is 0.407 e. The second-order valence-corrected chi connectivity index (χ2v) is 6.92. The van der Waals surface area contributed by atoms with Crippen molar-refractivity contribution in [3.8, 4) is 0 Å². The zero-order valence-corrected chi connectivity index (χ0v) is 15.8. The molecule has 1 aromatic heterocycles. The van der Waals surface area contributed by atoms with Crippen LogP contribution in [-0.4, -0.2) is 12.0 Å². The van der Waals surface area contributed by atoms with Crippen LogP contribution >= 0.6 is 11.3 Å². The lowest BCUT2D eigenvalue weighted by atomic mass is 10.1. The number of thiophene rings is 1. The fourth-order valence-corrected chi connectivity index (χ4v) is 3.04. The Kier molecular flexibility index (Phi) is 6.61. The first-order valence-corrected chi connectivity index (χ1v) is 9.42. The van der Waals surface area contributed by atoms with Gasteiger partial charge in [0.2, 0.25) is 0 Å². The molecule has 0 saturated heterocycles. The topological polar surface area (TPSA) is 105 Å². The van der Waals surface area contributed by atoms with E-state index in [2.05, 4.69) is 16.1 Å². The van der Waals surface area contributed by atoms with Crippen molar-refractivity contribution in [3.63, 3.8) is 0 Å². The number of hydrogen-bond donors (Lipinski definition) is 4. The number of carbonyl (C=O) groups excluding carboxylic acids is 2. The molecule has 0 aliphatic heterocycles. The van der Waals surface area contributed by atoms with Gasteiger partial charge in [-0.2, -0.15) is 0 Å². The summed E-state index contributed by atoms with van der Waals surface area (Å²) >= 11 is 1.53. The second-order valence-electron chi connectivity index (χ2n) is 5.89. The average Bonchev–Trinajstić information content (AvgIpc) is 3.25. The first-order chi connectivity index (χ1) is 13.6. The molecule has 0 radical (unpaired) electrons. The molecule has 0 atom stereocenters. The van der Waals surface area contributed by atoms with Crippen LogP contribution in [0.5, 0.6) is 0 Å². The zero-order chi connectivity index (χ0) is 19.8. The monoisotopic (exact) mass is 396 g/mol. The fraction of sp³-hybridized carbons (Fsp3) is 0.100. The molecule has 144 valence electrons. The fourth-order valence-electron chi connectivity index (χ4n) is 2.42. The van der Waals surface area contributed by atoms with Crippen molar-refractivity contribution in [2.75, 3.05) is 10.7 Å². The number of rotatable bonds is 7. The number of nitrogens with two attached hydrogens (primary N) is 1. The molecule has 3 rings (SSSR count). The summed E-state index contributed by atoms with van der Waals surface area (Å²) in [6.07, 6.45) is -0.483. The Labute approximate surface area is 166 Å². The molecule has 1 heterocycles. The number of hydrogen-bond acceptors (Lipinski definition) is 6. The first-order valence-electron chi connectivity index (χ1n) is 8.54. The van der Waals surface area contributed by atoms with Crippen LogP contribution in [0.4, 0.5) is 16.2 Å². The van der Waals surface area contributed by atoms with Crippen molar-refractivity contribution in [2.24, 2.45) is 5.84 Å². The molecule has 3 aromatic rings. The SMILES string of the molecule is NNc1cccc(NC(=O)c2ccc(CNC(=O)OCc3cccs3)cc2)c1. The van der Waals surface area contributed by atoms with Crippen LogP contribution in [0.2, 0.25) is 0 Å². The third-order valence-corrected chi connectivity index (χ3v) is 4.72. The van der Waals surface area contributed by atoms with Crippen molar-refractivity contribution in [1.82, 2.24) is 5.32 Å². The van der Waals surface area contributed by atoms with Crippen LogP contribution in [0.15, 0.2) is 66.0 Å². The van der Waals surface area contributed by atoms with Gasteiger partial charge in [0.05, 0.1) is 5.69 Å². The zero-order valence-electron chi connectivity index (χ0n) is 15.0. The first kappa shape index (κ1) is 19.4. The van der Waals surface area contributed by atoms with E-state index in [1.807, 2.05) is 17.5 Å². The summed E-state index contributed by atoms with van der Waals surface area (Å²) in [6.45, 7) is 0.568. The maximum absolute atomic E-state index is 12.3. The molecule has 0 aliphatic carbocycles. The van der Waals surface area contributed by atoms with Gasteiger partial charge in [-0.1, -0.05) is 24.3 Å². The summed E-state index contributed by atoms with van der Waals surface area (Å²) in [5.41, 5.74) is 5.24. The molecule has 0 fully saturated rings. The molecule has 0 unspecified atom stereocenters. The summed E-state index contributed by atoms with van der Waals surface area (Å²) in [5, 5.41) is 7.43. The van der Waals surface area contributed by atoms with Gasteiger partial charge in [0, 0.05) is 22.7 Å². The molecular formula is C20H20N4O3S. The Balaban J connectivity index is 1.48. The van der Waals surface area contributed by atoms with Crippen LogP contribution < -0.4 is 21.9 Å². The van der Waals surface area contributed by atoms with E-state index in [0.717, 1.165) is 10.4 Å². The Bertz CT molecular complexity index is 927. The third kappa shape index (κ3) is 5.57. The van der Waals surface area contributed by atoms with Gasteiger partial charge in [-0.15, -0.1) is 11.3 Å². The molecule has 2 aromatic carbocycles. The Morgan fingerprint density at radius 2 is 1.79 bits per heavy atom. The summed E-state index contributed by atoms with van der Waals surface area (Å²) in [5.74, 6) is 5.14. The third-order valence-electron chi connectivity index (χ3n) is 3.87. The van der Waals surface area contributed by atoms with Gasteiger partial charge in [0.1, 0.15) is 6.61 Å². The average molecular weight is 396 g/mol. The molecule has 5 N–H and O–H groups in total. The highest BCUT2D eigenvalue weighted by atomic mass is 32.1. The molecule has 0 spiro atoms. The van der Waals surface area contributed by atoms with E-state index in [1.54, 1.807) is 48.5 Å². The van der Waals surface area contributed by atoms with Crippen LogP contribution in [-0.2, 0) is 17.9 Å². The van der Waals surface area contributed by atoms with Gasteiger partial charge in [0.15, 0.2) is 0 Å². The number of nitrogen functional groups attached to an aromatic ring is 1. The molecule has 7 nitrogen and oxygen atoms in total. The molecule has 0 saturated carbocycles. The summed E-state index contributed by atoms with van der Waals surface area (Å²) in [6, 6.07) is 17.9. The Morgan fingerprint density at radius 3 is 2.50 bits per heavy atom. The van der Waals surface area contributed by atoms with Gasteiger partial charge < -0.3 is 20.8 Å². The van der Waals surface area contributed by atoms with Crippen molar-refractivity contribution in [3.05, 3.63) is 82.0 Å². The highest BCUT2D eigenvalue weighted by Crippen LogP contribution is 2.15. The highest BCUT2D eigenvalue weighted by Gasteiger charge is 2.08. The van der Waals surface area contributed by atoms with E-state index in [9.17, 15) is 9.59 Å². The van der Waals surface area contributed by atoms with Crippen molar-refractivity contribution < 1.29 is 14.3 Å². The smallest absolute Gasteiger partial charge is 0.407 e. The van der Waals surface area contributed by atoms with E-state index >= 15 is 0 Å². The van der Waals surface area contributed by atoms with Crippen LogP contribution in [0.3, 0.4) is 0 Å². The van der Waals surface area contributed by atoms with Gasteiger partial charge in [-0.25, -0.2) is 4.79 Å². The number of carbonyl (C=O) groups is 2. The van der Waals surface area contributed by atoms with Crippen molar-refractivity contribution in [2.45, 2.75) is 13.2 Å². The van der Waals surface area contributed by atoms with E-state index in [1.165, 1.54) is 11.3 Å². The largest absolute Gasteiger partial charge is 0.444 e. The van der Waals surface area contributed by atoms with E-state index < -0.39 is 6.09 Å². The number of anilines is 2. The highest BCUT2D eigenvalue weighted by molar-refractivity contribution is 7.09. The number of nitrogens with one attached hydrogen (secondary N) is 3. The number of ether oxygens (including phenoxy) is 1. The lowest BCUT2D eigenvalue weighted by Gasteiger charge is -2.09. The van der Waals surface area contributed by atoms with Crippen LogP contribution in [0, 0.1) is 0 Å². The van der Waals surface area contributed by atoms with E-state index in [-0.39, 0.29) is 12.5 Å². The van der Waals surface area contributed by atoms with E-state index in [0.29, 0.717) is 23.5 Å². The van der Waals surface area contributed by atoms with Gasteiger partial charge in [-0.3, -0.25) is 10.6 Å². The molecule has 2 amide bonds. The Morgan fingerprint density at radius 1 is 1.00 bits per heavy atom. The normalized spacial score (nSPS) is 10.2. The minimum Gasteiger partial charge on any atom is -0.444 e. The minimum absolute atomic E-state index is 0.232. The van der Waals surface area contributed by atoms with Gasteiger partial charge in [0.25, 0.3) is 5.91 Å². The lowest BCUT2D eigenvalue weighted by molar-refractivity contribution is 0.102. The minimum atomic E-state index is -0.483. The van der Waals surface area contributed by atoms with Crippen molar-refractivity contribution >= 4 is 34.7 Å². The van der Waals surface area contributed by atoms with E-state index in [4.69, 9.17) is 10.6 Å². The van der Waals surface area contributed by atoms with Gasteiger partial charge >= 0.3 is 6.09 Å². The van der Waals surface area contributed by atoms with Crippen molar-refractivity contribution in [1.29, 1.82) is 0 Å². The Hall–Kier alpha value is -3.36. The number of amides is 2. The quantitative estimate of drug-likeness (QED) is 0.360. The number of hydrazine groups is 1. The van der Waals surface area contributed by atoms with Crippen LogP contribution in [0.25, 0.3) is 0 Å².